The SMILES string of the molecule is CC(CNC(=O)c1ccccc1)C(N)=O. The van der Waals surface area contributed by atoms with Gasteiger partial charge in [-0.15, -0.1) is 0 Å². The third-order valence-corrected chi connectivity index (χ3v) is 2.09. The van der Waals surface area contributed by atoms with Crippen molar-refractivity contribution in [3.8, 4) is 0 Å². The van der Waals surface area contributed by atoms with Crippen LogP contribution in [0.4, 0.5) is 0 Å². The van der Waals surface area contributed by atoms with E-state index < -0.39 is 5.91 Å². The highest BCUT2D eigenvalue weighted by atomic mass is 16.2. The molecular weight excluding hydrogens is 192 g/mol. The zero-order valence-corrected chi connectivity index (χ0v) is 8.57. The first kappa shape index (κ1) is 11.2. The summed E-state index contributed by atoms with van der Waals surface area (Å²) in [6.45, 7) is 1.94. The minimum atomic E-state index is -0.414. The molecule has 0 aliphatic rings. The number of carbonyl (C=O) groups excluding carboxylic acids is 2. The van der Waals surface area contributed by atoms with Gasteiger partial charge in [0.15, 0.2) is 0 Å². The van der Waals surface area contributed by atoms with Gasteiger partial charge in [0.25, 0.3) is 5.91 Å². The maximum Gasteiger partial charge on any atom is 0.251 e. The molecule has 0 saturated heterocycles. The average molecular weight is 206 g/mol. The minimum Gasteiger partial charge on any atom is -0.369 e. The Kier molecular flexibility index (Phi) is 3.85. The molecule has 0 spiro atoms. The van der Waals surface area contributed by atoms with E-state index in [9.17, 15) is 9.59 Å². The van der Waals surface area contributed by atoms with Crippen molar-refractivity contribution in [2.24, 2.45) is 11.7 Å². The second kappa shape index (κ2) is 5.14. The van der Waals surface area contributed by atoms with Crippen LogP contribution >= 0.6 is 0 Å². The Morgan fingerprint density at radius 1 is 1.33 bits per heavy atom. The fourth-order valence-corrected chi connectivity index (χ4v) is 1.04. The number of nitrogens with one attached hydrogen (secondary N) is 1. The van der Waals surface area contributed by atoms with Crippen LogP contribution < -0.4 is 11.1 Å². The summed E-state index contributed by atoms with van der Waals surface area (Å²) in [4.78, 5) is 22.2. The molecule has 0 fully saturated rings. The van der Waals surface area contributed by atoms with E-state index >= 15 is 0 Å². The lowest BCUT2D eigenvalue weighted by atomic mass is 10.1. The highest BCUT2D eigenvalue weighted by Crippen LogP contribution is 1.98. The summed E-state index contributed by atoms with van der Waals surface area (Å²) in [6.07, 6.45) is 0. The Morgan fingerprint density at radius 2 is 1.93 bits per heavy atom. The van der Waals surface area contributed by atoms with Gasteiger partial charge >= 0.3 is 0 Å². The molecule has 3 N–H and O–H groups in total. The molecule has 1 unspecified atom stereocenters. The van der Waals surface area contributed by atoms with Crippen molar-refractivity contribution in [3.63, 3.8) is 0 Å². The highest BCUT2D eigenvalue weighted by molar-refractivity contribution is 5.94. The molecule has 1 aromatic carbocycles. The molecule has 0 heterocycles. The molecule has 0 radical (unpaired) electrons. The number of rotatable bonds is 4. The van der Waals surface area contributed by atoms with Crippen LogP contribution in [0.25, 0.3) is 0 Å². The summed E-state index contributed by atoms with van der Waals surface area (Å²) in [5, 5.41) is 2.64. The van der Waals surface area contributed by atoms with Crippen LogP contribution in [-0.2, 0) is 4.79 Å². The second-order valence-corrected chi connectivity index (χ2v) is 3.38. The van der Waals surface area contributed by atoms with E-state index in [-0.39, 0.29) is 18.4 Å². The summed E-state index contributed by atoms with van der Waals surface area (Å²) >= 11 is 0. The molecule has 1 rings (SSSR count). The smallest absolute Gasteiger partial charge is 0.251 e. The number of primary amides is 1. The van der Waals surface area contributed by atoms with Crippen molar-refractivity contribution in [1.29, 1.82) is 0 Å². The molecule has 0 aliphatic heterocycles. The molecule has 80 valence electrons. The van der Waals surface area contributed by atoms with Crippen LogP contribution in [-0.4, -0.2) is 18.4 Å². The Hall–Kier alpha value is -1.84. The van der Waals surface area contributed by atoms with E-state index in [1.807, 2.05) is 6.07 Å². The van der Waals surface area contributed by atoms with Gasteiger partial charge in [0.1, 0.15) is 0 Å². The molecule has 2 amide bonds. The van der Waals surface area contributed by atoms with E-state index in [4.69, 9.17) is 5.73 Å². The normalized spacial score (nSPS) is 11.8. The largest absolute Gasteiger partial charge is 0.369 e. The zero-order valence-electron chi connectivity index (χ0n) is 8.57. The first-order valence-electron chi connectivity index (χ1n) is 4.74. The van der Waals surface area contributed by atoms with Crippen molar-refractivity contribution in [2.75, 3.05) is 6.54 Å². The van der Waals surface area contributed by atoms with Gasteiger partial charge < -0.3 is 11.1 Å². The monoisotopic (exact) mass is 206 g/mol. The first-order valence-corrected chi connectivity index (χ1v) is 4.74. The van der Waals surface area contributed by atoms with Crippen LogP contribution in [0, 0.1) is 5.92 Å². The maximum absolute atomic E-state index is 11.5. The van der Waals surface area contributed by atoms with Crippen LogP contribution in [0.15, 0.2) is 30.3 Å². The minimum absolute atomic E-state index is 0.191. The molecule has 4 nitrogen and oxygen atoms in total. The Balaban J connectivity index is 2.47. The van der Waals surface area contributed by atoms with Gasteiger partial charge in [-0.2, -0.15) is 0 Å². The molecule has 1 atom stereocenters. The highest BCUT2D eigenvalue weighted by Gasteiger charge is 2.10. The van der Waals surface area contributed by atoms with Crippen LogP contribution in [0.5, 0.6) is 0 Å². The van der Waals surface area contributed by atoms with Gasteiger partial charge in [-0.3, -0.25) is 9.59 Å². The third-order valence-electron chi connectivity index (χ3n) is 2.09. The Bertz CT molecular complexity index is 349. The summed E-state index contributed by atoms with van der Waals surface area (Å²) in [7, 11) is 0. The van der Waals surface area contributed by atoms with Gasteiger partial charge in [-0.05, 0) is 12.1 Å². The summed E-state index contributed by atoms with van der Waals surface area (Å²) in [5.41, 5.74) is 5.65. The topological polar surface area (TPSA) is 72.2 Å². The Morgan fingerprint density at radius 3 is 2.47 bits per heavy atom. The first-order chi connectivity index (χ1) is 7.11. The van der Waals surface area contributed by atoms with Gasteiger partial charge in [-0.25, -0.2) is 0 Å². The zero-order chi connectivity index (χ0) is 11.3. The van der Waals surface area contributed by atoms with Gasteiger partial charge in [0.05, 0.1) is 5.92 Å². The van der Waals surface area contributed by atoms with Gasteiger partial charge in [-0.1, -0.05) is 25.1 Å². The molecule has 0 aliphatic carbocycles. The molecule has 0 bridgehead atoms. The number of hydrogen-bond donors (Lipinski definition) is 2. The average Bonchev–Trinajstić information content (AvgIpc) is 2.26. The van der Waals surface area contributed by atoms with Crippen molar-refractivity contribution >= 4 is 11.8 Å². The van der Waals surface area contributed by atoms with Crippen LogP contribution in [0.1, 0.15) is 17.3 Å². The van der Waals surface area contributed by atoms with E-state index in [1.54, 1.807) is 31.2 Å². The summed E-state index contributed by atoms with van der Waals surface area (Å²) in [6, 6.07) is 8.83. The predicted molar refractivity (Wildman–Crippen MR) is 57.1 cm³/mol. The lowest BCUT2D eigenvalue weighted by Gasteiger charge is -2.08. The van der Waals surface area contributed by atoms with Gasteiger partial charge in [0.2, 0.25) is 5.91 Å². The third kappa shape index (κ3) is 3.42. The van der Waals surface area contributed by atoms with E-state index in [0.717, 1.165) is 0 Å². The van der Waals surface area contributed by atoms with E-state index in [1.165, 1.54) is 0 Å². The number of benzene rings is 1. The summed E-state index contributed by atoms with van der Waals surface area (Å²) < 4.78 is 0. The van der Waals surface area contributed by atoms with Crippen LogP contribution in [0.2, 0.25) is 0 Å². The number of carbonyl (C=O) groups is 2. The standard InChI is InChI=1S/C11H14N2O2/c1-8(10(12)14)7-13-11(15)9-5-3-2-4-6-9/h2-6,8H,7H2,1H3,(H2,12,14)(H,13,15). The number of nitrogens with two attached hydrogens (primary N) is 1. The molecule has 1 aromatic rings. The molecular formula is C11H14N2O2. The van der Waals surface area contributed by atoms with E-state index in [0.29, 0.717) is 5.56 Å². The molecule has 0 aromatic heterocycles. The quantitative estimate of drug-likeness (QED) is 0.754. The second-order valence-electron chi connectivity index (χ2n) is 3.38. The summed E-state index contributed by atoms with van der Waals surface area (Å²) in [5.74, 6) is -0.954. The van der Waals surface area contributed by atoms with Gasteiger partial charge in [0, 0.05) is 12.1 Å². The van der Waals surface area contributed by atoms with E-state index in [2.05, 4.69) is 5.32 Å². The fraction of sp³-hybridized carbons (Fsp3) is 0.273. The predicted octanol–water partition coefficient (Wildman–Crippen LogP) is 0.538. The fourth-order valence-electron chi connectivity index (χ4n) is 1.04. The molecule has 15 heavy (non-hydrogen) atoms. The van der Waals surface area contributed by atoms with Crippen molar-refractivity contribution in [2.45, 2.75) is 6.92 Å². The number of amides is 2. The van der Waals surface area contributed by atoms with Crippen molar-refractivity contribution in [3.05, 3.63) is 35.9 Å². The lowest BCUT2D eigenvalue weighted by Crippen LogP contribution is -2.34. The molecule has 4 heteroatoms. The number of hydrogen-bond acceptors (Lipinski definition) is 2. The van der Waals surface area contributed by atoms with Crippen LogP contribution in [0.3, 0.4) is 0 Å². The van der Waals surface area contributed by atoms with Crippen molar-refractivity contribution in [1.82, 2.24) is 5.32 Å². The maximum atomic E-state index is 11.5. The molecule has 0 saturated carbocycles. The lowest BCUT2D eigenvalue weighted by molar-refractivity contribution is -0.121. The Labute approximate surface area is 88.5 Å². The van der Waals surface area contributed by atoms with Crippen molar-refractivity contribution < 1.29 is 9.59 Å².